The molecule has 2 aromatic rings. The van der Waals surface area contributed by atoms with Gasteiger partial charge in [0.05, 0.1) is 0 Å². The van der Waals surface area contributed by atoms with E-state index in [1.54, 1.807) is 24.4 Å². The van der Waals surface area contributed by atoms with Gasteiger partial charge in [0, 0.05) is 11.8 Å². The number of nitrogen functional groups attached to an aromatic ring is 1. The lowest BCUT2D eigenvalue weighted by molar-refractivity contribution is -0.390. The molecule has 0 aliphatic rings. The van der Waals surface area contributed by atoms with E-state index in [2.05, 4.69) is 9.97 Å². The molecule has 0 atom stereocenters. The number of nitrogens with zero attached hydrogens (tertiary/aromatic N) is 3. The standard InChI is InChI=1S/C11H10N4O3/c12-10-8(3-1-5-13-10)7-18-9-4-2-6-14-11(9)15(16)17/h1-6H,7H2,(H2,12,13). The highest BCUT2D eigenvalue weighted by molar-refractivity contribution is 5.41. The van der Waals surface area contributed by atoms with E-state index in [1.165, 1.54) is 12.3 Å². The van der Waals surface area contributed by atoms with E-state index in [-0.39, 0.29) is 18.2 Å². The zero-order valence-electron chi connectivity index (χ0n) is 9.31. The lowest BCUT2D eigenvalue weighted by Gasteiger charge is -2.07. The van der Waals surface area contributed by atoms with E-state index in [0.717, 1.165) is 0 Å². The molecule has 2 aromatic heterocycles. The number of nitrogens with two attached hydrogens (primary N) is 1. The van der Waals surface area contributed by atoms with Crippen molar-refractivity contribution < 1.29 is 9.66 Å². The fourth-order valence-electron chi connectivity index (χ4n) is 1.36. The van der Waals surface area contributed by atoms with Gasteiger partial charge in [0.2, 0.25) is 5.75 Å². The summed E-state index contributed by atoms with van der Waals surface area (Å²) in [6.45, 7) is 0.103. The minimum Gasteiger partial charge on any atom is -0.481 e. The van der Waals surface area contributed by atoms with Crippen LogP contribution in [0.2, 0.25) is 0 Å². The van der Waals surface area contributed by atoms with Crippen LogP contribution in [0.25, 0.3) is 0 Å². The molecule has 0 aliphatic heterocycles. The van der Waals surface area contributed by atoms with E-state index in [1.807, 2.05) is 0 Å². The molecule has 0 amide bonds. The molecule has 0 radical (unpaired) electrons. The van der Waals surface area contributed by atoms with Gasteiger partial charge >= 0.3 is 5.82 Å². The number of nitro groups is 1. The van der Waals surface area contributed by atoms with Gasteiger partial charge in [-0.2, -0.15) is 0 Å². The lowest BCUT2D eigenvalue weighted by atomic mass is 10.3. The molecule has 0 spiro atoms. The Morgan fingerprint density at radius 3 is 2.72 bits per heavy atom. The predicted molar refractivity (Wildman–Crippen MR) is 63.9 cm³/mol. The monoisotopic (exact) mass is 246 g/mol. The fourth-order valence-corrected chi connectivity index (χ4v) is 1.36. The van der Waals surface area contributed by atoms with Crippen molar-refractivity contribution in [2.75, 3.05) is 5.73 Å². The molecule has 92 valence electrons. The lowest BCUT2D eigenvalue weighted by Crippen LogP contribution is -2.03. The highest BCUT2D eigenvalue weighted by Crippen LogP contribution is 2.24. The third-order valence-corrected chi connectivity index (χ3v) is 2.23. The minimum absolute atomic E-state index is 0.103. The Kier molecular flexibility index (Phi) is 3.33. The first-order valence-electron chi connectivity index (χ1n) is 5.10. The Labute approximate surface area is 102 Å². The second-order valence-electron chi connectivity index (χ2n) is 3.42. The second kappa shape index (κ2) is 5.09. The van der Waals surface area contributed by atoms with E-state index in [0.29, 0.717) is 11.4 Å². The zero-order chi connectivity index (χ0) is 13.0. The van der Waals surface area contributed by atoms with Gasteiger partial charge < -0.3 is 20.6 Å². The summed E-state index contributed by atoms with van der Waals surface area (Å²) < 4.78 is 5.34. The van der Waals surface area contributed by atoms with Crippen LogP contribution in [-0.2, 0) is 6.61 Å². The van der Waals surface area contributed by atoms with Gasteiger partial charge in [-0.05, 0) is 28.1 Å². The topological polar surface area (TPSA) is 104 Å². The Morgan fingerprint density at radius 1 is 1.28 bits per heavy atom. The first kappa shape index (κ1) is 11.8. The largest absolute Gasteiger partial charge is 0.481 e. The predicted octanol–water partition coefficient (Wildman–Crippen LogP) is 1.55. The van der Waals surface area contributed by atoms with Gasteiger partial charge in [0.25, 0.3) is 0 Å². The molecule has 0 saturated heterocycles. The number of anilines is 1. The molecule has 0 bridgehead atoms. The molecule has 2 heterocycles. The van der Waals surface area contributed by atoms with Gasteiger partial charge in [-0.15, -0.1) is 0 Å². The number of hydrogen-bond donors (Lipinski definition) is 1. The van der Waals surface area contributed by atoms with Crippen molar-refractivity contribution in [1.29, 1.82) is 0 Å². The Hall–Kier alpha value is -2.70. The molecule has 0 saturated carbocycles. The van der Waals surface area contributed by atoms with E-state index < -0.39 is 4.92 Å². The van der Waals surface area contributed by atoms with Crippen LogP contribution in [0.15, 0.2) is 36.7 Å². The van der Waals surface area contributed by atoms with Crippen LogP contribution in [-0.4, -0.2) is 14.9 Å². The molecule has 7 heteroatoms. The SMILES string of the molecule is Nc1ncccc1COc1cccnc1[N+](=O)[O-]. The van der Waals surface area contributed by atoms with Crippen molar-refractivity contribution in [3.63, 3.8) is 0 Å². The third-order valence-electron chi connectivity index (χ3n) is 2.23. The molecule has 0 aromatic carbocycles. The molecule has 0 aliphatic carbocycles. The van der Waals surface area contributed by atoms with Crippen LogP contribution in [0.1, 0.15) is 5.56 Å². The summed E-state index contributed by atoms with van der Waals surface area (Å²) in [5, 5.41) is 10.7. The maximum absolute atomic E-state index is 10.7. The van der Waals surface area contributed by atoms with E-state index in [9.17, 15) is 10.1 Å². The quantitative estimate of drug-likeness (QED) is 0.648. The van der Waals surface area contributed by atoms with Crippen molar-refractivity contribution in [3.05, 3.63) is 52.3 Å². The van der Waals surface area contributed by atoms with Crippen LogP contribution in [0.5, 0.6) is 5.75 Å². The van der Waals surface area contributed by atoms with Gasteiger partial charge in [0.1, 0.15) is 18.6 Å². The summed E-state index contributed by atoms with van der Waals surface area (Å²) in [4.78, 5) is 17.7. The summed E-state index contributed by atoms with van der Waals surface area (Å²) >= 11 is 0. The Balaban J connectivity index is 2.16. The summed E-state index contributed by atoms with van der Waals surface area (Å²) in [5.41, 5.74) is 6.30. The molecule has 2 rings (SSSR count). The van der Waals surface area contributed by atoms with Crippen molar-refractivity contribution in [2.24, 2.45) is 0 Å². The molecular weight excluding hydrogens is 236 g/mol. The number of rotatable bonds is 4. The van der Waals surface area contributed by atoms with Crippen LogP contribution < -0.4 is 10.5 Å². The number of aromatic nitrogens is 2. The molecule has 7 nitrogen and oxygen atoms in total. The average molecular weight is 246 g/mol. The fraction of sp³-hybridized carbons (Fsp3) is 0.0909. The summed E-state index contributed by atoms with van der Waals surface area (Å²) in [6.07, 6.45) is 2.90. The van der Waals surface area contributed by atoms with Gasteiger partial charge in [0.15, 0.2) is 0 Å². The molecule has 0 unspecified atom stereocenters. The van der Waals surface area contributed by atoms with Crippen molar-refractivity contribution in [2.45, 2.75) is 6.61 Å². The molecular formula is C11H10N4O3. The number of ether oxygens (including phenoxy) is 1. The maximum Gasteiger partial charge on any atom is 0.406 e. The summed E-state index contributed by atoms with van der Waals surface area (Å²) in [6, 6.07) is 6.50. The maximum atomic E-state index is 10.7. The molecule has 18 heavy (non-hydrogen) atoms. The minimum atomic E-state index is -0.595. The summed E-state index contributed by atoms with van der Waals surface area (Å²) in [5.74, 6) is 0.120. The highest BCUT2D eigenvalue weighted by Gasteiger charge is 2.15. The first-order valence-corrected chi connectivity index (χ1v) is 5.10. The van der Waals surface area contributed by atoms with E-state index in [4.69, 9.17) is 10.5 Å². The smallest absolute Gasteiger partial charge is 0.406 e. The zero-order valence-corrected chi connectivity index (χ0v) is 9.31. The average Bonchev–Trinajstić information content (AvgIpc) is 2.38. The normalized spacial score (nSPS) is 10.0. The first-order chi connectivity index (χ1) is 8.68. The van der Waals surface area contributed by atoms with Gasteiger partial charge in [-0.1, -0.05) is 6.07 Å². The summed E-state index contributed by atoms with van der Waals surface area (Å²) in [7, 11) is 0. The van der Waals surface area contributed by atoms with Crippen molar-refractivity contribution >= 4 is 11.6 Å². The number of pyridine rings is 2. The van der Waals surface area contributed by atoms with Crippen LogP contribution >= 0.6 is 0 Å². The Morgan fingerprint density at radius 2 is 2.00 bits per heavy atom. The van der Waals surface area contributed by atoms with Crippen LogP contribution in [0, 0.1) is 10.1 Å². The Bertz CT molecular complexity index is 574. The second-order valence-corrected chi connectivity index (χ2v) is 3.42. The third kappa shape index (κ3) is 2.51. The van der Waals surface area contributed by atoms with Gasteiger partial charge in [-0.3, -0.25) is 0 Å². The molecule has 0 fully saturated rings. The van der Waals surface area contributed by atoms with E-state index >= 15 is 0 Å². The highest BCUT2D eigenvalue weighted by atomic mass is 16.6. The molecule has 2 N–H and O–H groups in total. The van der Waals surface area contributed by atoms with Crippen LogP contribution in [0.3, 0.4) is 0 Å². The van der Waals surface area contributed by atoms with Gasteiger partial charge in [-0.25, -0.2) is 4.98 Å². The number of hydrogen-bond acceptors (Lipinski definition) is 6. The van der Waals surface area contributed by atoms with Crippen molar-refractivity contribution in [1.82, 2.24) is 9.97 Å². The van der Waals surface area contributed by atoms with Crippen molar-refractivity contribution in [3.8, 4) is 5.75 Å². The van der Waals surface area contributed by atoms with Crippen LogP contribution in [0.4, 0.5) is 11.6 Å².